The summed E-state index contributed by atoms with van der Waals surface area (Å²) in [7, 11) is 0. The summed E-state index contributed by atoms with van der Waals surface area (Å²) < 4.78 is 0. The molecule has 0 saturated carbocycles. The van der Waals surface area contributed by atoms with Crippen molar-refractivity contribution in [3.63, 3.8) is 0 Å². The van der Waals surface area contributed by atoms with Gasteiger partial charge < -0.3 is 16.8 Å². The Labute approximate surface area is 99.8 Å². The Morgan fingerprint density at radius 2 is 2.25 bits per heavy atom. The second kappa shape index (κ2) is 5.65. The molecule has 16 heavy (non-hydrogen) atoms. The zero-order valence-corrected chi connectivity index (χ0v) is 10.3. The zero-order valence-electron chi connectivity index (χ0n) is 9.49. The molecule has 88 valence electrons. The lowest BCUT2D eigenvalue weighted by Gasteiger charge is -2.16. The molecular formula is C11H17N3OS. The molecule has 0 aliphatic rings. The maximum absolute atomic E-state index is 11.2. The van der Waals surface area contributed by atoms with E-state index in [0.29, 0.717) is 16.9 Å². The van der Waals surface area contributed by atoms with Gasteiger partial charge in [-0.05, 0) is 31.4 Å². The quantitative estimate of drug-likeness (QED) is 0.681. The highest BCUT2D eigenvalue weighted by molar-refractivity contribution is 7.98. The summed E-state index contributed by atoms with van der Waals surface area (Å²) in [5.41, 5.74) is 12.8. The van der Waals surface area contributed by atoms with Gasteiger partial charge in [-0.1, -0.05) is 0 Å². The Hall–Kier alpha value is -1.36. The number of rotatable bonds is 5. The number of hydrogen-bond donors (Lipinski definition) is 3. The molecule has 0 radical (unpaired) electrons. The molecule has 1 rings (SSSR count). The fraction of sp³-hybridized carbons (Fsp3) is 0.364. The van der Waals surface area contributed by atoms with Crippen molar-refractivity contribution in [2.24, 2.45) is 5.73 Å². The maximum Gasteiger partial charge on any atom is 0.250 e. The molecule has 0 fully saturated rings. The Balaban J connectivity index is 2.92. The molecule has 1 aromatic rings. The highest BCUT2D eigenvalue weighted by Crippen LogP contribution is 2.20. The van der Waals surface area contributed by atoms with E-state index in [9.17, 15) is 4.79 Å². The fourth-order valence-corrected chi connectivity index (χ4v) is 2.04. The lowest BCUT2D eigenvalue weighted by molar-refractivity contribution is 0.100. The van der Waals surface area contributed by atoms with Crippen LogP contribution in [-0.4, -0.2) is 24.0 Å². The number of nitrogens with two attached hydrogens (primary N) is 2. The van der Waals surface area contributed by atoms with Crippen molar-refractivity contribution in [1.82, 2.24) is 0 Å². The van der Waals surface area contributed by atoms with Crippen molar-refractivity contribution >= 4 is 29.0 Å². The number of nitrogens with one attached hydrogen (secondary N) is 1. The molecule has 1 atom stereocenters. The lowest BCUT2D eigenvalue weighted by Crippen LogP contribution is -2.21. The van der Waals surface area contributed by atoms with Crippen LogP contribution in [0.25, 0.3) is 0 Å². The molecule has 1 aromatic carbocycles. The first-order valence-corrected chi connectivity index (χ1v) is 6.38. The number of benzene rings is 1. The van der Waals surface area contributed by atoms with Gasteiger partial charge in [0.1, 0.15) is 0 Å². The summed E-state index contributed by atoms with van der Waals surface area (Å²) in [5, 5.41) is 3.23. The summed E-state index contributed by atoms with van der Waals surface area (Å²) in [6, 6.07) is 5.31. The van der Waals surface area contributed by atoms with Crippen LogP contribution >= 0.6 is 11.8 Å². The number of thioether (sulfide) groups is 1. The highest BCUT2D eigenvalue weighted by Gasteiger charge is 2.10. The summed E-state index contributed by atoms with van der Waals surface area (Å²) in [4.78, 5) is 11.2. The van der Waals surface area contributed by atoms with E-state index in [1.165, 1.54) is 0 Å². The average molecular weight is 239 g/mol. The number of amides is 1. The van der Waals surface area contributed by atoms with Gasteiger partial charge in [-0.25, -0.2) is 0 Å². The number of anilines is 2. The van der Waals surface area contributed by atoms with Gasteiger partial charge in [-0.15, -0.1) is 0 Å². The van der Waals surface area contributed by atoms with E-state index in [1.54, 1.807) is 30.0 Å². The predicted molar refractivity (Wildman–Crippen MR) is 70.8 cm³/mol. The standard InChI is InChI=1S/C11H17N3OS/c1-7(6-16-2)14-10-5-8(12)3-4-9(10)11(13)15/h3-5,7,14H,6,12H2,1-2H3,(H2,13,15). The van der Waals surface area contributed by atoms with Crippen molar-refractivity contribution in [3.8, 4) is 0 Å². The second-order valence-electron chi connectivity index (χ2n) is 3.67. The molecular weight excluding hydrogens is 222 g/mol. The molecule has 5 heteroatoms. The van der Waals surface area contributed by atoms with E-state index in [4.69, 9.17) is 11.5 Å². The second-order valence-corrected chi connectivity index (χ2v) is 4.58. The molecule has 0 heterocycles. The first-order chi connectivity index (χ1) is 7.54. The average Bonchev–Trinajstić information content (AvgIpc) is 2.17. The van der Waals surface area contributed by atoms with E-state index in [0.717, 1.165) is 5.75 Å². The van der Waals surface area contributed by atoms with Gasteiger partial charge in [0.2, 0.25) is 0 Å². The first-order valence-electron chi connectivity index (χ1n) is 4.99. The van der Waals surface area contributed by atoms with Crippen molar-refractivity contribution in [2.75, 3.05) is 23.1 Å². The SMILES string of the molecule is CSCC(C)Nc1cc(N)ccc1C(N)=O. The first kappa shape index (κ1) is 12.7. The minimum absolute atomic E-state index is 0.259. The monoisotopic (exact) mass is 239 g/mol. The van der Waals surface area contributed by atoms with Crippen LogP contribution in [-0.2, 0) is 0 Å². The fourth-order valence-electron chi connectivity index (χ4n) is 1.45. The van der Waals surface area contributed by atoms with Gasteiger partial charge in [0.05, 0.1) is 5.56 Å². The summed E-state index contributed by atoms with van der Waals surface area (Å²) >= 11 is 1.74. The summed E-state index contributed by atoms with van der Waals surface area (Å²) in [6.45, 7) is 2.05. The Morgan fingerprint density at radius 1 is 1.56 bits per heavy atom. The Morgan fingerprint density at radius 3 is 2.81 bits per heavy atom. The van der Waals surface area contributed by atoms with Crippen LogP contribution in [0.2, 0.25) is 0 Å². The molecule has 4 nitrogen and oxygen atoms in total. The van der Waals surface area contributed by atoms with Crippen LogP contribution in [0.3, 0.4) is 0 Å². The predicted octanol–water partition coefficient (Wildman–Crippen LogP) is 1.53. The van der Waals surface area contributed by atoms with Gasteiger partial charge in [0.25, 0.3) is 5.91 Å². The van der Waals surface area contributed by atoms with Crippen LogP contribution in [0.4, 0.5) is 11.4 Å². The van der Waals surface area contributed by atoms with E-state index in [-0.39, 0.29) is 6.04 Å². The molecule has 5 N–H and O–H groups in total. The topological polar surface area (TPSA) is 81.1 Å². The van der Waals surface area contributed by atoms with Crippen molar-refractivity contribution < 1.29 is 4.79 Å². The maximum atomic E-state index is 11.2. The number of carbonyl (C=O) groups is 1. The van der Waals surface area contributed by atoms with Gasteiger partial charge in [-0.2, -0.15) is 11.8 Å². The molecule has 1 amide bonds. The van der Waals surface area contributed by atoms with Crippen LogP contribution in [0, 0.1) is 0 Å². The van der Waals surface area contributed by atoms with E-state index in [2.05, 4.69) is 5.32 Å². The van der Waals surface area contributed by atoms with E-state index in [1.807, 2.05) is 13.2 Å². The minimum Gasteiger partial charge on any atom is -0.399 e. The Bertz CT molecular complexity index is 381. The number of primary amides is 1. The third kappa shape index (κ3) is 3.34. The highest BCUT2D eigenvalue weighted by atomic mass is 32.2. The zero-order chi connectivity index (χ0) is 12.1. The van der Waals surface area contributed by atoms with Gasteiger partial charge >= 0.3 is 0 Å². The molecule has 0 spiro atoms. The van der Waals surface area contributed by atoms with Crippen molar-refractivity contribution in [3.05, 3.63) is 23.8 Å². The lowest BCUT2D eigenvalue weighted by atomic mass is 10.1. The smallest absolute Gasteiger partial charge is 0.250 e. The minimum atomic E-state index is -0.446. The van der Waals surface area contributed by atoms with E-state index >= 15 is 0 Å². The van der Waals surface area contributed by atoms with Crippen molar-refractivity contribution in [1.29, 1.82) is 0 Å². The molecule has 0 bridgehead atoms. The normalized spacial score (nSPS) is 12.1. The van der Waals surface area contributed by atoms with Gasteiger partial charge in [-0.3, -0.25) is 4.79 Å². The molecule has 0 saturated heterocycles. The molecule has 1 unspecified atom stereocenters. The molecule has 0 aliphatic heterocycles. The largest absolute Gasteiger partial charge is 0.399 e. The van der Waals surface area contributed by atoms with Gasteiger partial charge in [0.15, 0.2) is 0 Å². The van der Waals surface area contributed by atoms with Crippen LogP contribution in [0.5, 0.6) is 0 Å². The molecule has 0 aromatic heterocycles. The van der Waals surface area contributed by atoms with Crippen LogP contribution in [0.15, 0.2) is 18.2 Å². The van der Waals surface area contributed by atoms with Gasteiger partial charge in [0, 0.05) is 23.2 Å². The Kier molecular flexibility index (Phi) is 4.49. The van der Waals surface area contributed by atoms with Crippen LogP contribution in [0.1, 0.15) is 17.3 Å². The van der Waals surface area contributed by atoms with E-state index < -0.39 is 5.91 Å². The van der Waals surface area contributed by atoms with Crippen molar-refractivity contribution in [2.45, 2.75) is 13.0 Å². The number of carbonyl (C=O) groups excluding carboxylic acids is 1. The molecule has 0 aliphatic carbocycles. The third-order valence-electron chi connectivity index (χ3n) is 2.13. The van der Waals surface area contributed by atoms with Crippen LogP contribution < -0.4 is 16.8 Å². The third-order valence-corrected chi connectivity index (χ3v) is 2.96. The summed E-state index contributed by atoms with van der Waals surface area (Å²) in [5.74, 6) is 0.506. The number of nitrogen functional groups attached to an aromatic ring is 1. The number of hydrogen-bond acceptors (Lipinski definition) is 4. The summed E-state index contributed by atoms with van der Waals surface area (Å²) in [6.07, 6.45) is 2.03.